The van der Waals surface area contributed by atoms with Crippen LogP contribution in [0.4, 0.5) is 0 Å². The van der Waals surface area contributed by atoms with Gasteiger partial charge in [0.05, 0.1) is 7.11 Å². The van der Waals surface area contributed by atoms with Gasteiger partial charge >= 0.3 is 5.97 Å². The van der Waals surface area contributed by atoms with Crippen LogP contribution in [0.15, 0.2) is 40.4 Å². The minimum Gasteiger partial charge on any atom is -0.497 e. The zero-order valence-electron chi connectivity index (χ0n) is 12.2. The molecule has 0 aliphatic carbocycles. The lowest BCUT2D eigenvalue weighted by molar-refractivity contribution is -0.139. The quantitative estimate of drug-likeness (QED) is 0.479. The minimum atomic E-state index is -0.709. The Morgan fingerprint density at radius 3 is 2.68 bits per heavy atom. The molecule has 1 aromatic carbocycles. The van der Waals surface area contributed by atoms with Crippen LogP contribution in [0.5, 0.6) is 5.75 Å². The van der Waals surface area contributed by atoms with Gasteiger partial charge in [0.25, 0.3) is 0 Å². The number of nitriles is 1. The minimum absolute atomic E-state index is 0.0438. The Morgan fingerprint density at radius 2 is 2.14 bits per heavy atom. The van der Waals surface area contributed by atoms with Crippen molar-refractivity contribution in [2.75, 3.05) is 7.11 Å². The third-order valence-corrected chi connectivity index (χ3v) is 2.80. The van der Waals surface area contributed by atoms with Crippen LogP contribution in [0.25, 0.3) is 6.08 Å². The molecule has 0 bridgehead atoms. The van der Waals surface area contributed by atoms with Crippen molar-refractivity contribution in [2.45, 2.75) is 13.5 Å². The number of methoxy groups -OCH3 is 1. The average molecular weight is 298 g/mol. The predicted molar refractivity (Wildman–Crippen MR) is 77.6 cm³/mol. The SMILES string of the molecule is COc1ccc(C=C(C#N)C(=O)OCc2cc(C)on2)cc1. The van der Waals surface area contributed by atoms with Gasteiger partial charge in [-0.05, 0) is 30.7 Å². The zero-order valence-corrected chi connectivity index (χ0v) is 12.2. The van der Waals surface area contributed by atoms with E-state index in [4.69, 9.17) is 19.3 Å². The van der Waals surface area contributed by atoms with Crippen LogP contribution in [0.1, 0.15) is 17.0 Å². The van der Waals surface area contributed by atoms with Crippen LogP contribution in [0.2, 0.25) is 0 Å². The second-order valence-corrected chi connectivity index (χ2v) is 4.45. The van der Waals surface area contributed by atoms with Crippen molar-refractivity contribution in [1.29, 1.82) is 5.26 Å². The molecule has 0 aliphatic heterocycles. The van der Waals surface area contributed by atoms with Crippen molar-refractivity contribution < 1.29 is 18.8 Å². The van der Waals surface area contributed by atoms with Gasteiger partial charge in [0.2, 0.25) is 0 Å². The maximum Gasteiger partial charge on any atom is 0.349 e. The third-order valence-electron chi connectivity index (χ3n) is 2.80. The van der Waals surface area contributed by atoms with Gasteiger partial charge < -0.3 is 14.0 Å². The van der Waals surface area contributed by atoms with Crippen molar-refractivity contribution >= 4 is 12.0 Å². The van der Waals surface area contributed by atoms with E-state index in [1.807, 2.05) is 6.07 Å². The van der Waals surface area contributed by atoms with Crippen LogP contribution in [-0.2, 0) is 16.1 Å². The van der Waals surface area contributed by atoms with E-state index in [2.05, 4.69) is 5.16 Å². The van der Waals surface area contributed by atoms with Gasteiger partial charge in [-0.2, -0.15) is 5.26 Å². The molecule has 1 aromatic heterocycles. The Hall–Kier alpha value is -3.07. The fraction of sp³-hybridized carbons (Fsp3) is 0.188. The Bertz CT molecular complexity index is 723. The number of esters is 1. The molecule has 6 nitrogen and oxygen atoms in total. The number of rotatable bonds is 5. The van der Waals surface area contributed by atoms with E-state index in [9.17, 15) is 4.79 Å². The Balaban J connectivity index is 2.04. The van der Waals surface area contributed by atoms with E-state index >= 15 is 0 Å². The molecule has 22 heavy (non-hydrogen) atoms. The van der Waals surface area contributed by atoms with Gasteiger partial charge in [-0.3, -0.25) is 0 Å². The molecule has 0 amide bonds. The van der Waals surface area contributed by atoms with Crippen LogP contribution in [-0.4, -0.2) is 18.2 Å². The molecule has 0 spiro atoms. The van der Waals surface area contributed by atoms with Crippen LogP contribution < -0.4 is 4.74 Å². The normalized spacial score (nSPS) is 10.9. The molecule has 2 aromatic rings. The number of nitrogens with zero attached hydrogens (tertiary/aromatic N) is 2. The lowest BCUT2D eigenvalue weighted by Gasteiger charge is -2.02. The summed E-state index contributed by atoms with van der Waals surface area (Å²) in [4.78, 5) is 11.9. The van der Waals surface area contributed by atoms with E-state index in [-0.39, 0.29) is 12.2 Å². The number of ether oxygens (including phenoxy) is 2. The van der Waals surface area contributed by atoms with Crippen molar-refractivity contribution in [3.05, 3.63) is 52.9 Å². The third kappa shape index (κ3) is 3.96. The number of hydrogen-bond acceptors (Lipinski definition) is 6. The summed E-state index contributed by atoms with van der Waals surface area (Å²) < 4.78 is 14.9. The van der Waals surface area contributed by atoms with Gasteiger partial charge in [-0.25, -0.2) is 4.79 Å². The molecule has 0 saturated carbocycles. The standard InChI is InChI=1S/C16H14N2O4/c1-11-7-14(18-22-11)10-21-16(19)13(9-17)8-12-3-5-15(20-2)6-4-12/h3-8H,10H2,1-2H3. The summed E-state index contributed by atoms with van der Waals surface area (Å²) in [6.07, 6.45) is 1.45. The Labute approximate surface area is 127 Å². The van der Waals surface area contributed by atoms with E-state index in [1.165, 1.54) is 6.08 Å². The summed E-state index contributed by atoms with van der Waals surface area (Å²) in [7, 11) is 1.56. The molecule has 0 radical (unpaired) electrons. The summed E-state index contributed by atoms with van der Waals surface area (Å²) in [5, 5.41) is 12.8. The van der Waals surface area contributed by atoms with E-state index < -0.39 is 5.97 Å². The summed E-state index contributed by atoms with van der Waals surface area (Å²) in [5.41, 5.74) is 1.10. The number of benzene rings is 1. The number of aryl methyl sites for hydroxylation is 1. The molecule has 1 heterocycles. The lowest BCUT2D eigenvalue weighted by atomic mass is 10.1. The first kappa shape index (κ1) is 15.3. The Kier molecular flexibility index (Phi) is 4.94. The Morgan fingerprint density at radius 1 is 1.41 bits per heavy atom. The molecule has 0 aliphatic rings. The number of hydrogen-bond donors (Lipinski definition) is 0. The molecular weight excluding hydrogens is 284 g/mol. The van der Waals surface area contributed by atoms with E-state index in [0.29, 0.717) is 22.8 Å². The smallest absolute Gasteiger partial charge is 0.349 e. The topological polar surface area (TPSA) is 85.3 Å². The summed E-state index contributed by atoms with van der Waals surface area (Å²) in [6, 6.07) is 10.5. The molecule has 0 saturated heterocycles. The first-order valence-electron chi connectivity index (χ1n) is 6.47. The van der Waals surface area contributed by atoms with Crippen molar-refractivity contribution in [3.8, 4) is 11.8 Å². The van der Waals surface area contributed by atoms with E-state index in [0.717, 1.165) is 0 Å². The summed E-state index contributed by atoms with van der Waals surface area (Å²) in [6.45, 7) is 1.69. The molecule has 0 fully saturated rings. The molecule has 6 heteroatoms. The first-order chi connectivity index (χ1) is 10.6. The van der Waals surface area contributed by atoms with Crippen molar-refractivity contribution in [2.24, 2.45) is 0 Å². The number of aromatic nitrogens is 1. The highest BCUT2D eigenvalue weighted by molar-refractivity contribution is 5.97. The monoisotopic (exact) mass is 298 g/mol. The molecule has 2 rings (SSSR count). The van der Waals surface area contributed by atoms with Crippen LogP contribution in [0.3, 0.4) is 0 Å². The van der Waals surface area contributed by atoms with E-state index in [1.54, 1.807) is 44.4 Å². The van der Waals surface area contributed by atoms with Crippen LogP contribution >= 0.6 is 0 Å². The van der Waals surface area contributed by atoms with Gasteiger partial charge in [0.15, 0.2) is 0 Å². The largest absolute Gasteiger partial charge is 0.497 e. The number of carbonyl (C=O) groups excluding carboxylic acids is 1. The van der Waals surface area contributed by atoms with Gasteiger partial charge in [-0.15, -0.1) is 0 Å². The highest BCUT2D eigenvalue weighted by atomic mass is 16.5. The zero-order chi connectivity index (χ0) is 15.9. The molecule has 0 atom stereocenters. The highest BCUT2D eigenvalue weighted by Crippen LogP contribution is 2.14. The molecule has 0 unspecified atom stereocenters. The van der Waals surface area contributed by atoms with Gasteiger partial charge in [0, 0.05) is 6.07 Å². The second kappa shape index (κ2) is 7.09. The van der Waals surface area contributed by atoms with Gasteiger partial charge in [0.1, 0.15) is 35.5 Å². The second-order valence-electron chi connectivity index (χ2n) is 4.45. The van der Waals surface area contributed by atoms with Crippen molar-refractivity contribution in [3.63, 3.8) is 0 Å². The molecular formula is C16H14N2O4. The highest BCUT2D eigenvalue weighted by Gasteiger charge is 2.12. The number of carbonyl (C=O) groups is 1. The molecule has 0 N–H and O–H groups in total. The average Bonchev–Trinajstić information content (AvgIpc) is 2.96. The summed E-state index contributed by atoms with van der Waals surface area (Å²) in [5.74, 6) is 0.610. The fourth-order valence-corrected chi connectivity index (χ4v) is 1.71. The van der Waals surface area contributed by atoms with Crippen LogP contribution in [0, 0.1) is 18.3 Å². The fourth-order valence-electron chi connectivity index (χ4n) is 1.71. The van der Waals surface area contributed by atoms with Crippen molar-refractivity contribution in [1.82, 2.24) is 5.16 Å². The maximum absolute atomic E-state index is 11.9. The molecule has 112 valence electrons. The predicted octanol–water partition coefficient (Wildman–Crippen LogP) is 2.64. The lowest BCUT2D eigenvalue weighted by Crippen LogP contribution is -2.07. The maximum atomic E-state index is 11.9. The van der Waals surface area contributed by atoms with Gasteiger partial charge in [-0.1, -0.05) is 17.3 Å². The first-order valence-corrected chi connectivity index (χ1v) is 6.47. The summed E-state index contributed by atoms with van der Waals surface area (Å²) >= 11 is 0.